The van der Waals surface area contributed by atoms with Crippen molar-refractivity contribution in [1.29, 1.82) is 0 Å². The van der Waals surface area contributed by atoms with Crippen LogP contribution < -0.4 is 5.32 Å². The number of β-amino-alcohol motifs (C(OH)–C–C–N with tert-alkyl or cyclic N) is 1. The van der Waals surface area contributed by atoms with E-state index in [1.807, 2.05) is 0 Å². The van der Waals surface area contributed by atoms with Crippen LogP contribution >= 0.6 is 0 Å². The van der Waals surface area contributed by atoms with Gasteiger partial charge < -0.3 is 15.5 Å². The van der Waals surface area contributed by atoms with E-state index >= 15 is 0 Å². The lowest BCUT2D eigenvalue weighted by atomic mass is 10.1. The first-order valence-corrected chi connectivity index (χ1v) is 9.71. The fourth-order valence-corrected chi connectivity index (χ4v) is 3.85. The van der Waals surface area contributed by atoms with E-state index in [-0.39, 0.29) is 18.2 Å². The summed E-state index contributed by atoms with van der Waals surface area (Å²) in [5.74, 6) is 0.0101. The van der Waals surface area contributed by atoms with Crippen molar-refractivity contribution in [2.24, 2.45) is 0 Å². The number of alkyl halides is 3. The second kappa shape index (κ2) is 8.11. The minimum atomic E-state index is -4.54. The number of halogens is 3. The molecule has 3 N–H and O–H groups in total. The van der Waals surface area contributed by atoms with E-state index in [4.69, 9.17) is 5.11 Å². The summed E-state index contributed by atoms with van der Waals surface area (Å²) in [7, 11) is 0. The zero-order chi connectivity index (χ0) is 21.3. The number of phenolic OH excluding ortho intramolecular Hbond substituents is 1. The van der Waals surface area contributed by atoms with Crippen molar-refractivity contribution in [1.82, 2.24) is 19.5 Å². The maximum absolute atomic E-state index is 12.9. The van der Waals surface area contributed by atoms with Crippen LogP contribution in [0.1, 0.15) is 18.4 Å². The van der Waals surface area contributed by atoms with E-state index in [9.17, 15) is 18.3 Å². The van der Waals surface area contributed by atoms with Crippen LogP contribution in [0.3, 0.4) is 0 Å². The Hall–Kier alpha value is -2.85. The number of aromatic nitrogens is 3. The number of piperidine rings is 1. The van der Waals surface area contributed by atoms with Gasteiger partial charge in [0.2, 0.25) is 5.95 Å². The maximum Gasteiger partial charge on any atom is 0.416 e. The zero-order valence-electron chi connectivity index (χ0n) is 16.1. The molecule has 7 nitrogen and oxygen atoms in total. The highest BCUT2D eigenvalue weighted by atomic mass is 19.4. The minimum Gasteiger partial charge on any atom is -0.507 e. The number of nitrogens with zero attached hydrogens (tertiary/aromatic N) is 4. The van der Waals surface area contributed by atoms with Gasteiger partial charge in [0.05, 0.1) is 17.7 Å². The summed E-state index contributed by atoms with van der Waals surface area (Å²) < 4.78 is 40.4. The summed E-state index contributed by atoms with van der Waals surface area (Å²) in [5, 5.41) is 31.2. The third kappa shape index (κ3) is 4.05. The van der Waals surface area contributed by atoms with Crippen molar-refractivity contribution in [3.05, 3.63) is 42.1 Å². The SMILES string of the molecule is OCCN1CCC[C@@H](Nc2nnc(-c3ccc(C(F)(F)F)cc3O)c3cccn23)C1. The molecule has 1 atom stereocenters. The normalized spacial score (nSPS) is 18.1. The monoisotopic (exact) mass is 421 g/mol. The Morgan fingerprint density at radius 2 is 2.03 bits per heavy atom. The van der Waals surface area contributed by atoms with Gasteiger partial charge in [-0.1, -0.05) is 0 Å². The van der Waals surface area contributed by atoms with Crippen molar-refractivity contribution < 1.29 is 23.4 Å². The number of hydrogen-bond acceptors (Lipinski definition) is 6. The number of anilines is 1. The van der Waals surface area contributed by atoms with Gasteiger partial charge in [-0.3, -0.25) is 9.30 Å². The van der Waals surface area contributed by atoms with Gasteiger partial charge in [0.1, 0.15) is 11.4 Å². The molecule has 0 unspecified atom stereocenters. The first kappa shape index (κ1) is 20.4. The van der Waals surface area contributed by atoms with Crippen LogP contribution in [0.2, 0.25) is 0 Å². The smallest absolute Gasteiger partial charge is 0.416 e. The summed E-state index contributed by atoms with van der Waals surface area (Å²) in [4.78, 5) is 2.18. The standard InChI is InChI=1S/C20H22F3N5O2/c21-20(22,23)13-5-6-15(17(30)11-13)18-16-4-2-8-28(16)19(26-25-18)24-14-3-1-7-27(12-14)9-10-29/h2,4-6,8,11,14,29-30H,1,3,7,9-10,12H2,(H,24,26)/t14-/m1/s1. The zero-order valence-corrected chi connectivity index (χ0v) is 16.1. The lowest BCUT2D eigenvalue weighted by Gasteiger charge is -2.32. The Morgan fingerprint density at radius 3 is 2.77 bits per heavy atom. The number of aromatic hydroxyl groups is 1. The Labute approximate surface area is 170 Å². The second-order valence-electron chi connectivity index (χ2n) is 7.37. The van der Waals surface area contributed by atoms with Crippen LogP contribution in [0.15, 0.2) is 36.5 Å². The first-order valence-electron chi connectivity index (χ1n) is 9.71. The number of rotatable bonds is 5. The molecule has 1 aromatic carbocycles. The van der Waals surface area contributed by atoms with Crippen LogP contribution in [0.25, 0.3) is 16.8 Å². The lowest BCUT2D eigenvalue weighted by molar-refractivity contribution is -0.137. The minimum absolute atomic E-state index is 0.111. The van der Waals surface area contributed by atoms with Gasteiger partial charge in [-0.25, -0.2) is 0 Å². The second-order valence-corrected chi connectivity index (χ2v) is 7.37. The molecule has 0 bridgehead atoms. The summed E-state index contributed by atoms with van der Waals surface area (Å²) >= 11 is 0. The summed E-state index contributed by atoms with van der Waals surface area (Å²) in [5.41, 5.74) is 0.163. The van der Waals surface area contributed by atoms with Crippen molar-refractivity contribution >= 4 is 11.5 Å². The van der Waals surface area contributed by atoms with Crippen molar-refractivity contribution in [3.63, 3.8) is 0 Å². The fraction of sp³-hybridized carbons (Fsp3) is 0.400. The molecule has 30 heavy (non-hydrogen) atoms. The molecule has 160 valence electrons. The molecule has 0 aliphatic carbocycles. The van der Waals surface area contributed by atoms with Gasteiger partial charge in [-0.05, 0) is 49.7 Å². The number of nitrogens with one attached hydrogen (secondary N) is 1. The molecule has 0 radical (unpaired) electrons. The number of fused-ring (bicyclic) bond motifs is 1. The molecule has 2 aromatic heterocycles. The molecular weight excluding hydrogens is 399 g/mol. The largest absolute Gasteiger partial charge is 0.507 e. The maximum atomic E-state index is 12.9. The molecule has 1 fully saturated rings. The molecule has 10 heteroatoms. The Kier molecular flexibility index (Phi) is 5.52. The molecular formula is C20H22F3N5O2. The van der Waals surface area contributed by atoms with Crippen molar-refractivity contribution in [3.8, 4) is 17.0 Å². The molecule has 1 aliphatic heterocycles. The van der Waals surface area contributed by atoms with E-state index in [0.29, 0.717) is 29.8 Å². The molecule has 0 saturated carbocycles. The van der Waals surface area contributed by atoms with Gasteiger partial charge in [0.25, 0.3) is 0 Å². The van der Waals surface area contributed by atoms with Crippen LogP contribution in [0, 0.1) is 0 Å². The Morgan fingerprint density at radius 1 is 1.20 bits per heavy atom. The number of hydrogen-bond donors (Lipinski definition) is 3. The highest BCUT2D eigenvalue weighted by Gasteiger charge is 2.31. The molecule has 3 aromatic rings. The topological polar surface area (TPSA) is 85.9 Å². The molecule has 0 spiro atoms. The summed E-state index contributed by atoms with van der Waals surface area (Å²) in [6, 6.07) is 6.51. The Balaban J connectivity index is 1.63. The fourth-order valence-electron chi connectivity index (χ4n) is 3.85. The summed E-state index contributed by atoms with van der Waals surface area (Å²) in [6.45, 7) is 2.44. The van der Waals surface area contributed by atoms with Crippen molar-refractivity contribution in [2.45, 2.75) is 25.1 Å². The molecule has 1 saturated heterocycles. The Bertz CT molecular complexity index is 1030. The third-order valence-corrected chi connectivity index (χ3v) is 5.30. The lowest BCUT2D eigenvalue weighted by Crippen LogP contribution is -2.43. The number of likely N-dealkylation sites (tertiary alicyclic amines) is 1. The number of phenols is 1. The van der Waals surface area contributed by atoms with Gasteiger partial charge in [-0.15, -0.1) is 10.2 Å². The predicted octanol–water partition coefficient (Wildman–Crippen LogP) is 2.99. The van der Waals surface area contributed by atoms with Gasteiger partial charge >= 0.3 is 6.18 Å². The first-order chi connectivity index (χ1) is 14.4. The summed E-state index contributed by atoms with van der Waals surface area (Å²) in [6.07, 6.45) is -0.805. The molecule has 3 heterocycles. The van der Waals surface area contributed by atoms with E-state index < -0.39 is 17.5 Å². The average Bonchev–Trinajstić information content (AvgIpc) is 3.19. The van der Waals surface area contributed by atoms with E-state index in [1.54, 1.807) is 22.7 Å². The highest BCUT2D eigenvalue weighted by molar-refractivity contribution is 5.81. The van der Waals surface area contributed by atoms with Crippen molar-refractivity contribution in [2.75, 3.05) is 31.6 Å². The van der Waals surface area contributed by atoms with Crippen LogP contribution in [0.5, 0.6) is 5.75 Å². The number of aliphatic hydroxyl groups excluding tert-OH is 1. The number of benzene rings is 1. The van der Waals surface area contributed by atoms with E-state index in [0.717, 1.165) is 32.0 Å². The van der Waals surface area contributed by atoms with Crippen LogP contribution in [0.4, 0.5) is 19.1 Å². The highest BCUT2D eigenvalue weighted by Crippen LogP contribution is 2.37. The van der Waals surface area contributed by atoms with Gasteiger partial charge in [-0.2, -0.15) is 13.2 Å². The third-order valence-electron chi connectivity index (χ3n) is 5.30. The van der Waals surface area contributed by atoms with Crippen LogP contribution in [-0.4, -0.2) is 62.0 Å². The van der Waals surface area contributed by atoms with Gasteiger partial charge in [0, 0.05) is 30.9 Å². The quantitative estimate of drug-likeness (QED) is 0.587. The molecule has 4 rings (SSSR count). The van der Waals surface area contributed by atoms with Crippen LogP contribution in [-0.2, 0) is 6.18 Å². The van der Waals surface area contributed by atoms with E-state index in [2.05, 4.69) is 20.4 Å². The van der Waals surface area contributed by atoms with Gasteiger partial charge in [0.15, 0.2) is 0 Å². The number of aliphatic hydroxyl groups is 1. The molecule has 1 aliphatic rings. The van der Waals surface area contributed by atoms with E-state index in [1.165, 1.54) is 6.07 Å². The predicted molar refractivity (Wildman–Crippen MR) is 105 cm³/mol. The average molecular weight is 421 g/mol. The molecule has 0 amide bonds.